The monoisotopic (exact) mass is 277 g/mol. The highest BCUT2D eigenvalue weighted by molar-refractivity contribution is 7.91. The number of thiazole rings is 1. The maximum Gasteiger partial charge on any atom is 0.345 e. The van der Waals surface area contributed by atoms with Crippen LogP contribution in [0.3, 0.4) is 0 Å². The van der Waals surface area contributed by atoms with E-state index in [1.807, 2.05) is 0 Å². The van der Waals surface area contributed by atoms with Crippen LogP contribution in [-0.4, -0.2) is 35.9 Å². The van der Waals surface area contributed by atoms with Crippen molar-refractivity contribution in [1.82, 2.24) is 4.98 Å². The van der Waals surface area contributed by atoms with Crippen molar-refractivity contribution in [3.8, 4) is 0 Å². The maximum absolute atomic E-state index is 11.4. The van der Waals surface area contributed by atoms with Crippen molar-refractivity contribution in [3.63, 3.8) is 0 Å². The molecule has 0 amide bonds. The predicted molar refractivity (Wildman–Crippen MR) is 64.1 cm³/mol. The minimum atomic E-state index is -2.98. The highest BCUT2D eigenvalue weighted by Gasteiger charge is 2.25. The van der Waals surface area contributed by atoms with Gasteiger partial charge in [-0.25, -0.2) is 13.4 Å². The van der Waals surface area contributed by atoms with E-state index in [0.717, 1.165) is 17.8 Å². The summed E-state index contributed by atoms with van der Waals surface area (Å²) in [7, 11) is -2.98. The van der Waals surface area contributed by atoms with E-state index in [1.165, 1.54) is 6.20 Å². The van der Waals surface area contributed by atoms with E-state index in [2.05, 4.69) is 10.3 Å². The van der Waals surface area contributed by atoms with Gasteiger partial charge in [0.1, 0.15) is 6.20 Å². The van der Waals surface area contributed by atoms with Crippen molar-refractivity contribution in [1.29, 1.82) is 0 Å². The molecule has 1 aliphatic heterocycles. The second kappa shape index (κ2) is 4.57. The summed E-state index contributed by atoms with van der Waals surface area (Å²) in [5, 5.41) is 13.7. The fourth-order valence-electron chi connectivity index (χ4n) is 1.73. The van der Waals surface area contributed by atoms with Crippen molar-refractivity contribution < 1.29 is 13.3 Å². The Hall–Kier alpha value is -1.22. The molecule has 0 aromatic carbocycles. The summed E-state index contributed by atoms with van der Waals surface area (Å²) in [5.41, 5.74) is 0. The average molecular weight is 277 g/mol. The molecule has 9 heteroatoms. The maximum atomic E-state index is 11.4. The Balaban J connectivity index is 2.03. The number of rotatable bonds is 3. The average Bonchev–Trinajstić information content (AvgIpc) is 2.64. The molecule has 7 nitrogen and oxygen atoms in total. The Morgan fingerprint density at radius 3 is 2.94 bits per heavy atom. The van der Waals surface area contributed by atoms with Crippen LogP contribution in [0.1, 0.15) is 12.8 Å². The highest BCUT2D eigenvalue weighted by Crippen LogP contribution is 2.27. The van der Waals surface area contributed by atoms with Crippen LogP contribution in [0.4, 0.5) is 10.1 Å². The van der Waals surface area contributed by atoms with E-state index in [9.17, 15) is 18.5 Å². The van der Waals surface area contributed by atoms with E-state index in [-0.39, 0.29) is 22.5 Å². The molecule has 1 aromatic rings. The molecule has 1 aliphatic rings. The van der Waals surface area contributed by atoms with Crippen LogP contribution in [0.5, 0.6) is 0 Å². The fraction of sp³-hybridized carbons (Fsp3) is 0.625. The van der Waals surface area contributed by atoms with Gasteiger partial charge in [0.25, 0.3) is 0 Å². The first-order valence-corrected chi connectivity index (χ1v) is 7.67. The minimum absolute atomic E-state index is 0.0498. The van der Waals surface area contributed by atoms with Gasteiger partial charge >= 0.3 is 5.00 Å². The molecule has 1 atom stereocenters. The molecule has 1 unspecified atom stereocenters. The first-order valence-electron chi connectivity index (χ1n) is 5.03. The van der Waals surface area contributed by atoms with Crippen LogP contribution in [0.15, 0.2) is 6.20 Å². The number of nitrogens with zero attached hydrogens (tertiary/aromatic N) is 2. The first kappa shape index (κ1) is 12.2. The topological polar surface area (TPSA) is 102 Å². The van der Waals surface area contributed by atoms with E-state index in [4.69, 9.17) is 0 Å². The lowest BCUT2D eigenvalue weighted by Crippen LogP contribution is -2.34. The van der Waals surface area contributed by atoms with Crippen LogP contribution in [0, 0.1) is 10.1 Å². The van der Waals surface area contributed by atoms with Gasteiger partial charge in [0.15, 0.2) is 15.0 Å². The van der Waals surface area contributed by atoms with E-state index in [0.29, 0.717) is 11.6 Å². The third-order valence-corrected chi connectivity index (χ3v) is 5.17. The predicted octanol–water partition coefficient (Wildman–Crippen LogP) is 1.04. The molecule has 0 spiro atoms. The van der Waals surface area contributed by atoms with Crippen molar-refractivity contribution in [2.75, 3.05) is 16.8 Å². The van der Waals surface area contributed by atoms with Crippen LogP contribution >= 0.6 is 11.3 Å². The smallest absolute Gasteiger partial charge is 0.345 e. The third-order valence-electron chi connectivity index (χ3n) is 2.46. The number of nitro groups is 1. The number of anilines is 1. The lowest BCUT2D eigenvalue weighted by Gasteiger charge is -2.22. The van der Waals surface area contributed by atoms with Crippen molar-refractivity contribution >= 4 is 31.3 Å². The van der Waals surface area contributed by atoms with E-state index < -0.39 is 14.8 Å². The van der Waals surface area contributed by atoms with Crippen LogP contribution < -0.4 is 5.32 Å². The zero-order valence-electron chi connectivity index (χ0n) is 8.83. The van der Waals surface area contributed by atoms with Gasteiger partial charge in [-0.3, -0.25) is 10.1 Å². The number of sulfone groups is 1. The largest absolute Gasteiger partial charge is 0.358 e. The summed E-state index contributed by atoms with van der Waals surface area (Å²) in [5.74, 6) is 0.295. The quantitative estimate of drug-likeness (QED) is 0.654. The van der Waals surface area contributed by atoms with Crippen molar-refractivity contribution in [2.45, 2.75) is 18.9 Å². The van der Waals surface area contributed by atoms with Crippen LogP contribution in [-0.2, 0) is 9.84 Å². The van der Waals surface area contributed by atoms with Gasteiger partial charge in [-0.15, -0.1) is 0 Å². The lowest BCUT2D eigenvalue weighted by molar-refractivity contribution is -0.380. The number of hydrogen-bond donors (Lipinski definition) is 1. The molecule has 1 aromatic heterocycles. The normalized spacial score (nSPS) is 23.2. The van der Waals surface area contributed by atoms with Gasteiger partial charge in [0.2, 0.25) is 0 Å². The molecule has 17 heavy (non-hydrogen) atoms. The molecular formula is C8H11N3O4S2. The molecule has 0 saturated carbocycles. The van der Waals surface area contributed by atoms with E-state index >= 15 is 0 Å². The summed E-state index contributed by atoms with van der Waals surface area (Å²) in [4.78, 5) is 13.8. The van der Waals surface area contributed by atoms with Gasteiger partial charge < -0.3 is 5.32 Å². The second-order valence-electron chi connectivity index (χ2n) is 3.86. The summed E-state index contributed by atoms with van der Waals surface area (Å²) >= 11 is 0.919. The third kappa shape index (κ3) is 3.13. The summed E-state index contributed by atoms with van der Waals surface area (Å²) in [6.07, 6.45) is 2.53. The van der Waals surface area contributed by atoms with Crippen LogP contribution in [0.2, 0.25) is 0 Å². The Kier molecular flexibility index (Phi) is 3.29. The van der Waals surface area contributed by atoms with E-state index in [1.54, 1.807) is 0 Å². The molecule has 0 aliphatic carbocycles. The molecule has 0 radical (unpaired) electrons. The van der Waals surface area contributed by atoms with Crippen molar-refractivity contribution in [3.05, 3.63) is 16.3 Å². The minimum Gasteiger partial charge on any atom is -0.358 e. The molecule has 1 N–H and O–H groups in total. The molecule has 0 bridgehead atoms. The highest BCUT2D eigenvalue weighted by atomic mass is 32.2. The van der Waals surface area contributed by atoms with Gasteiger partial charge in [0, 0.05) is 6.04 Å². The van der Waals surface area contributed by atoms with Crippen molar-refractivity contribution in [2.24, 2.45) is 0 Å². The van der Waals surface area contributed by atoms with Crippen LogP contribution in [0.25, 0.3) is 0 Å². The Morgan fingerprint density at radius 1 is 1.59 bits per heavy atom. The molecule has 2 heterocycles. The number of nitrogens with one attached hydrogen (secondary N) is 1. The number of hydrogen-bond acceptors (Lipinski definition) is 7. The fourth-order valence-corrected chi connectivity index (χ4v) is 4.07. The number of aromatic nitrogens is 1. The lowest BCUT2D eigenvalue weighted by atomic mass is 10.2. The molecule has 1 fully saturated rings. The Labute approximate surface area is 102 Å². The second-order valence-corrected chi connectivity index (χ2v) is 7.10. The standard InChI is InChI=1S/C8H11N3O4S2/c12-11(13)7-4-9-8(16-7)10-6-2-1-3-17(14,15)5-6/h4,6H,1-3,5H2,(H,9,10). The van der Waals surface area contributed by atoms with Gasteiger partial charge in [0.05, 0.1) is 16.4 Å². The Bertz CT molecular complexity index is 525. The zero-order chi connectivity index (χ0) is 12.5. The van der Waals surface area contributed by atoms with Gasteiger partial charge in [-0.2, -0.15) is 0 Å². The SMILES string of the molecule is O=[N+]([O-])c1cnc(NC2CCCS(=O)(=O)C2)s1. The van der Waals surface area contributed by atoms with Gasteiger partial charge in [-0.05, 0) is 24.2 Å². The summed E-state index contributed by atoms with van der Waals surface area (Å²) in [6, 6.07) is -0.195. The Morgan fingerprint density at radius 2 is 2.35 bits per heavy atom. The molecular weight excluding hydrogens is 266 g/mol. The first-order chi connectivity index (χ1) is 7.96. The molecule has 94 valence electrons. The summed E-state index contributed by atoms with van der Waals surface area (Å²) in [6.45, 7) is 0. The van der Waals surface area contributed by atoms with Gasteiger partial charge in [-0.1, -0.05) is 0 Å². The summed E-state index contributed by atoms with van der Waals surface area (Å²) < 4.78 is 22.8. The zero-order valence-corrected chi connectivity index (χ0v) is 10.5. The molecule has 1 saturated heterocycles. The molecule has 2 rings (SSSR count).